The molecule has 36 heavy (non-hydrogen) atoms. The fourth-order valence-corrected chi connectivity index (χ4v) is 3.58. The van der Waals surface area contributed by atoms with Crippen LogP contribution in [-0.2, 0) is 0 Å². The summed E-state index contributed by atoms with van der Waals surface area (Å²) in [7, 11) is 1.61. The molecule has 1 aliphatic rings. The lowest BCUT2D eigenvalue weighted by Gasteiger charge is -2.41. The van der Waals surface area contributed by atoms with Crippen molar-refractivity contribution in [2.24, 2.45) is 4.99 Å². The van der Waals surface area contributed by atoms with Crippen LogP contribution in [0.3, 0.4) is 0 Å². The summed E-state index contributed by atoms with van der Waals surface area (Å²) in [5.74, 6) is 0.719. The lowest BCUT2D eigenvalue weighted by atomic mass is 10.1. The Morgan fingerprint density at radius 1 is 1.22 bits per heavy atom. The first-order chi connectivity index (χ1) is 17.1. The number of nitrogens with one attached hydrogen (secondary N) is 1. The minimum Gasteiger partial charge on any atom is -0.496 e. The molecule has 0 radical (unpaired) electrons. The second-order valence-electron chi connectivity index (χ2n) is 8.67. The van der Waals surface area contributed by atoms with Crippen LogP contribution in [0.5, 0.6) is 5.75 Å². The summed E-state index contributed by atoms with van der Waals surface area (Å²) < 4.78 is 17.5. The van der Waals surface area contributed by atoms with Gasteiger partial charge in [-0.05, 0) is 63.1 Å². The number of hydrogen-bond acceptors (Lipinski definition) is 4. The normalized spacial score (nSPS) is 14.8. The van der Waals surface area contributed by atoms with Gasteiger partial charge in [-0.3, -0.25) is 10.2 Å². The van der Waals surface area contributed by atoms with Gasteiger partial charge in [0.2, 0.25) is 0 Å². The minimum atomic E-state index is -0.162. The van der Waals surface area contributed by atoms with E-state index in [-0.39, 0.29) is 23.6 Å². The first-order valence-corrected chi connectivity index (χ1v) is 12.3. The molecule has 2 aromatic carbocycles. The van der Waals surface area contributed by atoms with Crippen LogP contribution in [0.4, 0.5) is 4.39 Å². The Bertz CT molecular complexity index is 1030. The van der Waals surface area contributed by atoms with Gasteiger partial charge in [-0.1, -0.05) is 45.0 Å². The van der Waals surface area contributed by atoms with Gasteiger partial charge in [0, 0.05) is 37.5 Å². The number of amidine groups is 1. The highest BCUT2D eigenvalue weighted by molar-refractivity contribution is 5.99. The average molecular weight is 497 g/mol. The van der Waals surface area contributed by atoms with Gasteiger partial charge in [0.25, 0.3) is 5.91 Å². The Balaban J connectivity index is 0.000000488. The van der Waals surface area contributed by atoms with Crippen LogP contribution in [-0.4, -0.2) is 60.5 Å². The fourth-order valence-electron chi connectivity index (χ4n) is 3.58. The molecule has 1 atom stereocenters. The maximum Gasteiger partial charge on any atom is 0.254 e. The van der Waals surface area contributed by atoms with Gasteiger partial charge in [0.15, 0.2) is 5.84 Å². The van der Waals surface area contributed by atoms with Crippen molar-refractivity contribution < 1.29 is 13.9 Å². The van der Waals surface area contributed by atoms with Crippen molar-refractivity contribution in [2.45, 2.75) is 54.0 Å². The number of rotatable bonds is 4. The summed E-state index contributed by atoms with van der Waals surface area (Å²) in [5.41, 5.74) is 3.19. The number of aliphatic imine (C=N–C) groups is 1. The molecule has 0 aromatic heterocycles. The molecule has 0 saturated carbocycles. The van der Waals surface area contributed by atoms with Gasteiger partial charge in [-0.2, -0.15) is 0 Å². The van der Waals surface area contributed by atoms with Crippen molar-refractivity contribution in [3.8, 4) is 5.75 Å². The summed E-state index contributed by atoms with van der Waals surface area (Å²) in [6, 6.07) is 12.0. The summed E-state index contributed by atoms with van der Waals surface area (Å²) in [6.45, 7) is 17.7. The average Bonchev–Trinajstić information content (AvgIpc) is 2.84. The summed E-state index contributed by atoms with van der Waals surface area (Å²) in [5, 5.41) is 7.90. The van der Waals surface area contributed by atoms with Crippen LogP contribution >= 0.6 is 0 Å². The molecular formula is C29H41FN4O2. The summed E-state index contributed by atoms with van der Waals surface area (Å²) in [6.07, 6.45) is 2.83. The van der Waals surface area contributed by atoms with Crippen molar-refractivity contribution in [3.05, 3.63) is 77.2 Å². The zero-order valence-corrected chi connectivity index (χ0v) is 22.8. The number of carbonyl (C=O) groups excluding carboxylic acids is 1. The molecule has 3 rings (SSSR count). The minimum absolute atomic E-state index is 0.00211. The first kappa shape index (κ1) is 30.6. The number of nitrogens with zero attached hydrogens (tertiary/aromatic N) is 3. The van der Waals surface area contributed by atoms with E-state index in [4.69, 9.17) is 10.1 Å². The lowest BCUT2D eigenvalue weighted by molar-refractivity contribution is 0.0551. The second kappa shape index (κ2) is 15.5. The van der Waals surface area contributed by atoms with Gasteiger partial charge in [-0.15, -0.1) is 0 Å². The van der Waals surface area contributed by atoms with E-state index in [2.05, 4.69) is 25.4 Å². The van der Waals surface area contributed by atoms with E-state index in [1.165, 1.54) is 18.6 Å². The van der Waals surface area contributed by atoms with E-state index in [1.54, 1.807) is 32.4 Å². The Morgan fingerprint density at radius 2 is 1.89 bits per heavy atom. The first-order valence-electron chi connectivity index (χ1n) is 12.3. The SMILES string of the molecule is C=C(C(=N)N=CC)N1CCN(C(=O)c2ccc(C)c(OC)c2)C(C)C1.CCC.Cc1cccc(F)c1. The molecule has 1 aliphatic heterocycles. The van der Waals surface area contributed by atoms with Crippen molar-refractivity contribution in [1.29, 1.82) is 5.41 Å². The van der Waals surface area contributed by atoms with Crippen LogP contribution in [0.25, 0.3) is 0 Å². The number of hydrogen-bond donors (Lipinski definition) is 1. The number of methoxy groups -OCH3 is 1. The predicted octanol–water partition coefficient (Wildman–Crippen LogP) is 6.28. The molecule has 1 fully saturated rings. The van der Waals surface area contributed by atoms with E-state index in [9.17, 15) is 9.18 Å². The third kappa shape index (κ3) is 9.29. The molecule has 0 aliphatic carbocycles. The molecule has 1 unspecified atom stereocenters. The van der Waals surface area contributed by atoms with Crippen LogP contribution < -0.4 is 4.74 Å². The number of ether oxygens (including phenoxy) is 1. The van der Waals surface area contributed by atoms with Gasteiger partial charge >= 0.3 is 0 Å². The fraction of sp³-hybridized carbons (Fsp3) is 0.414. The highest BCUT2D eigenvalue weighted by atomic mass is 19.1. The van der Waals surface area contributed by atoms with E-state index < -0.39 is 0 Å². The number of aryl methyl sites for hydroxylation is 2. The third-order valence-electron chi connectivity index (χ3n) is 5.44. The van der Waals surface area contributed by atoms with Crippen LogP contribution in [0.15, 0.2) is 59.7 Å². The summed E-state index contributed by atoms with van der Waals surface area (Å²) in [4.78, 5) is 20.7. The molecule has 196 valence electrons. The lowest BCUT2D eigenvalue weighted by Crippen LogP contribution is -2.54. The zero-order chi connectivity index (χ0) is 27.3. The van der Waals surface area contributed by atoms with Crippen molar-refractivity contribution in [1.82, 2.24) is 9.80 Å². The summed E-state index contributed by atoms with van der Waals surface area (Å²) >= 11 is 0. The van der Waals surface area contributed by atoms with Gasteiger partial charge in [0.1, 0.15) is 11.6 Å². The topological polar surface area (TPSA) is 69.0 Å². The Labute approximate surface area is 216 Å². The predicted molar refractivity (Wildman–Crippen MR) is 148 cm³/mol. The smallest absolute Gasteiger partial charge is 0.254 e. The molecule has 0 spiro atoms. The Hall–Kier alpha value is -3.48. The Kier molecular flexibility index (Phi) is 13.2. The highest BCUT2D eigenvalue weighted by Crippen LogP contribution is 2.22. The van der Waals surface area contributed by atoms with Gasteiger partial charge in [-0.25, -0.2) is 9.38 Å². The van der Waals surface area contributed by atoms with E-state index in [1.807, 2.05) is 48.8 Å². The van der Waals surface area contributed by atoms with E-state index >= 15 is 0 Å². The molecule has 1 N–H and O–H groups in total. The molecular weight excluding hydrogens is 455 g/mol. The van der Waals surface area contributed by atoms with E-state index in [0.29, 0.717) is 30.9 Å². The highest BCUT2D eigenvalue weighted by Gasteiger charge is 2.29. The molecule has 1 saturated heterocycles. The molecule has 0 bridgehead atoms. The quantitative estimate of drug-likeness (QED) is 0.400. The maximum absolute atomic E-state index is 12.9. The van der Waals surface area contributed by atoms with Gasteiger partial charge < -0.3 is 14.5 Å². The maximum atomic E-state index is 12.9. The molecule has 1 amide bonds. The second-order valence-corrected chi connectivity index (χ2v) is 8.67. The molecule has 7 heteroatoms. The van der Waals surface area contributed by atoms with Crippen molar-refractivity contribution in [2.75, 3.05) is 26.7 Å². The van der Waals surface area contributed by atoms with Crippen molar-refractivity contribution >= 4 is 18.0 Å². The van der Waals surface area contributed by atoms with Crippen molar-refractivity contribution in [3.63, 3.8) is 0 Å². The van der Waals surface area contributed by atoms with Crippen LogP contribution in [0.1, 0.15) is 55.6 Å². The number of carbonyl (C=O) groups is 1. The van der Waals surface area contributed by atoms with Crippen LogP contribution in [0, 0.1) is 25.1 Å². The number of halogens is 1. The zero-order valence-electron chi connectivity index (χ0n) is 22.8. The number of amides is 1. The standard InChI is InChI=1S/C19H26N4O2.C7H7F.C3H8/c1-6-21-18(20)15(4)22-9-10-23(14(3)12-22)19(24)16-8-7-13(2)17(11-16)25-5;1-6-3-2-4-7(8)5-6;1-3-2/h6-8,11,14,20H,4,9-10,12H2,1-3,5H3;2-5H,1H3;3H2,1-2H3. The monoisotopic (exact) mass is 496 g/mol. The third-order valence-corrected chi connectivity index (χ3v) is 5.44. The molecule has 1 heterocycles. The van der Waals surface area contributed by atoms with Gasteiger partial charge in [0.05, 0.1) is 12.8 Å². The molecule has 6 nitrogen and oxygen atoms in total. The number of piperazine rings is 1. The molecule has 2 aromatic rings. The number of benzene rings is 2. The largest absolute Gasteiger partial charge is 0.496 e. The van der Waals surface area contributed by atoms with Crippen LogP contribution in [0.2, 0.25) is 0 Å². The Morgan fingerprint density at radius 3 is 2.39 bits per heavy atom. The van der Waals surface area contributed by atoms with E-state index in [0.717, 1.165) is 16.9 Å².